The zero-order valence-electron chi connectivity index (χ0n) is 11.8. The van der Waals surface area contributed by atoms with E-state index in [1.54, 1.807) is 0 Å². The SMILES string of the molecule is CC1CC2CCCC(C(=O)OCC(F)(F)S(=O)(=O)O)(C1)C2. The number of ether oxygens (including phenoxy) is 1. The van der Waals surface area contributed by atoms with Crippen molar-refractivity contribution in [3.63, 3.8) is 0 Å². The first-order valence-corrected chi connectivity index (χ1v) is 8.52. The molecular weight excluding hydrogens is 306 g/mol. The van der Waals surface area contributed by atoms with Crippen molar-refractivity contribution in [2.45, 2.75) is 50.7 Å². The number of carbonyl (C=O) groups excluding carboxylic acids is 1. The van der Waals surface area contributed by atoms with Crippen molar-refractivity contribution in [2.24, 2.45) is 17.3 Å². The van der Waals surface area contributed by atoms with Gasteiger partial charge in [-0.25, -0.2) is 0 Å². The van der Waals surface area contributed by atoms with Crippen LogP contribution in [0, 0.1) is 17.3 Å². The minimum absolute atomic E-state index is 0.318. The van der Waals surface area contributed by atoms with Gasteiger partial charge in [0.05, 0.1) is 5.41 Å². The van der Waals surface area contributed by atoms with Crippen LogP contribution in [0.4, 0.5) is 8.78 Å². The van der Waals surface area contributed by atoms with E-state index in [1.807, 2.05) is 6.92 Å². The van der Waals surface area contributed by atoms with E-state index in [4.69, 9.17) is 4.55 Å². The van der Waals surface area contributed by atoms with Crippen LogP contribution in [-0.4, -0.2) is 30.8 Å². The van der Waals surface area contributed by atoms with E-state index in [1.165, 1.54) is 0 Å². The standard InChI is InChI=1S/C13H20F2O5S/c1-9-5-10-3-2-4-12(6-9,7-10)11(16)20-8-13(14,15)21(17,18)19/h9-10H,2-8H2,1H3,(H,17,18,19). The summed E-state index contributed by atoms with van der Waals surface area (Å²) in [5.41, 5.74) is -0.768. The average Bonchev–Trinajstić information content (AvgIpc) is 2.33. The summed E-state index contributed by atoms with van der Waals surface area (Å²) in [7, 11) is -5.57. The van der Waals surface area contributed by atoms with Crippen LogP contribution in [-0.2, 0) is 19.6 Å². The molecule has 0 aromatic rings. The molecule has 5 nitrogen and oxygen atoms in total. The Morgan fingerprint density at radius 1 is 1.43 bits per heavy atom. The van der Waals surface area contributed by atoms with Gasteiger partial charge in [-0.3, -0.25) is 9.35 Å². The number of carbonyl (C=O) groups is 1. The molecule has 0 aromatic heterocycles. The second-order valence-electron chi connectivity index (χ2n) is 6.48. The second-order valence-corrected chi connectivity index (χ2v) is 8.02. The minimum Gasteiger partial charge on any atom is -0.458 e. The van der Waals surface area contributed by atoms with E-state index in [0.717, 1.165) is 19.3 Å². The van der Waals surface area contributed by atoms with E-state index >= 15 is 0 Å². The summed E-state index contributed by atoms with van der Waals surface area (Å²) in [5, 5.41) is -4.46. The molecule has 3 atom stereocenters. The van der Waals surface area contributed by atoms with Crippen molar-refractivity contribution in [1.29, 1.82) is 0 Å². The molecule has 0 heterocycles. The Hall–Kier alpha value is -0.760. The van der Waals surface area contributed by atoms with Crippen molar-refractivity contribution < 1.29 is 31.3 Å². The van der Waals surface area contributed by atoms with Crippen LogP contribution < -0.4 is 0 Å². The van der Waals surface area contributed by atoms with Gasteiger partial charge < -0.3 is 4.74 Å². The number of hydrogen-bond donors (Lipinski definition) is 1. The monoisotopic (exact) mass is 326 g/mol. The first-order chi connectivity index (χ1) is 9.56. The molecule has 2 bridgehead atoms. The average molecular weight is 326 g/mol. The number of alkyl halides is 2. The van der Waals surface area contributed by atoms with Crippen molar-refractivity contribution >= 4 is 16.1 Å². The molecule has 0 amide bonds. The van der Waals surface area contributed by atoms with E-state index in [0.29, 0.717) is 31.1 Å². The summed E-state index contributed by atoms with van der Waals surface area (Å²) in [5.74, 6) is -0.0436. The number of rotatable bonds is 4. The fourth-order valence-corrected chi connectivity index (χ4v) is 4.05. The molecule has 2 fully saturated rings. The lowest BCUT2D eigenvalue weighted by atomic mass is 9.59. The van der Waals surface area contributed by atoms with Gasteiger partial charge in [0.2, 0.25) is 0 Å². The van der Waals surface area contributed by atoms with Crippen LogP contribution in [0.25, 0.3) is 0 Å². The lowest BCUT2D eigenvalue weighted by molar-refractivity contribution is -0.169. The minimum atomic E-state index is -5.57. The summed E-state index contributed by atoms with van der Waals surface area (Å²) >= 11 is 0. The lowest BCUT2D eigenvalue weighted by Crippen LogP contribution is -2.45. The van der Waals surface area contributed by atoms with E-state index in [-0.39, 0.29) is 0 Å². The summed E-state index contributed by atoms with van der Waals surface area (Å²) in [6, 6.07) is 0. The highest BCUT2D eigenvalue weighted by Crippen LogP contribution is 2.51. The fourth-order valence-electron chi connectivity index (χ4n) is 3.84. The van der Waals surface area contributed by atoms with Crippen LogP contribution in [0.1, 0.15) is 45.4 Å². The van der Waals surface area contributed by atoms with Crippen LogP contribution in [0.15, 0.2) is 0 Å². The van der Waals surface area contributed by atoms with E-state index in [9.17, 15) is 22.0 Å². The van der Waals surface area contributed by atoms with Crippen molar-refractivity contribution in [3.05, 3.63) is 0 Å². The molecule has 2 rings (SSSR count). The zero-order chi connectivity index (χ0) is 15.9. The highest BCUT2D eigenvalue weighted by Gasteiger charge is 2.51. The Morgan fingerprint density at radius 3 is 2.71 bits per heavy atom. The summed E-state index contributed by atoms with van der Waals surface area (Å²) in [6.07, 6.45) is 4.69. The second kappa shape index (κ2) is 5.46. The molecule has 2 saturated carbocycles. The third kappa shape index (κ3) is 3.36. The largest absolute Gasteiger partial charge is 0.458 e. The summed E-state index contributed by atoms with van der Waals surface area (Å²) in [6.45, 7) is 0.387. The molecule has 1 N–H and O–H groups in total. The Balaban J connectivity index is 2.06. The summed E-state index contributed by atoms with van der Waals surface area (Å²) in [4.78, 5) is 12.2. The van der Waals surface area contributed by atoms with Crippen molar-refractivity contribution in [2.75, 3.05) is 6.61 Å². The Morgan fingerprint density at radius 2 is 2.10 bits per heavy atom. The number of esters is 1. The topological polar surface area (TPSA) is 80.7 Å². The third-order valence-electron chi connectivity index (χ3n) is 4.60. The van der Waals surface area contributed by atoms with Crippen LogP contribution in [0.3, 0.4) is 0 Å². The van der Waals surface area contributed by atoms with Gasteiger partial charge in [-0.05, 0) is 37.5 Å². The molecule has 2 aliphatic rings. The summed E-state index contributed by atoms with van der Waals surface area (Å²) < 4.78 is 60.3. The smallest absolute Gasteiger partial charge is 0.402 e. The quantitative estimate of drug-likeness (QED) is 0.634. The van der Waals surface area contributed by atoms with Gasteiger partial charge in [0.1, 0.15) is 0 Å². The van der Waals surface area contributed by atoms with Gasteiger partial charge in [0, 0.05) is 0 Å². The Labute approximate surface area is 122 Å². The maximum absolute atomic E-state index is 13.1. The first kappa shape index (κ1) is 16.6. The van der Waals surface area contributed by atoms with Gasteiger partial charge in [-0.15, -0.1) is 0 Å². The Kier molecular flexibility index (Phi) is 4.32. The molecule has 0 aromatic carbocycles. The van der Waals surface area contributed by atoms with Crippen molar-refractivity contribution in [3.8, 4) is 0 Å². The molecular formula is C13H20F2O5S. The predicted octanol–water partition coefficient (Wildman–Crippen LogP) is 2.62. The van der Waals surface area contributed by atoms with Crippen LogP contribution in [0.5, 0.6) is 0 Å². The van der Waals surface area contributed by atoms with Gasteiger partial charge in [-0.2, -0.15) is 17.2 Å². The molecule has 0 spiro atoms. The maximum atomic E-state index is 13.1. The molecule has 0 saturated heterocycles. The van der Waals surface area contributed by atoms with E-state index in [2.05, 4.69) is 4.74 Å². The first-order valence-electron chi connectivity index (χ1n) is 7.08. The molecule has 0 aliphatic heterocycles. The zero-order valence-corrected chi connectivity index (χ0v) is 12.7. The molecule has 2 aliphatic carbocycles. The van der Waals surface area contributed by atoms with Crippen molar-refractivity contribution in [1.82, 2.24) is 0 Å². The molecule has 0 radical (unpaired) electrons. The number of halogens is 2. The third-order valence-corrected chi connectivity index (χ3v) is 5.48. The molecule has 21 heavy (non-hydrogen) atoms. The Bertz CT molecular complexity index is 515. The highest BCUT2D eigenvalue weighted by atomic mass is 32.2. The van der Waals surface area contributed by atoms with E-state index < -0.39 is 33.4 Å². The predicted molar refractivity (Wildman–Crippen MR) is 70.2 cm³/mol. The number of fused-ring (bicyclic) bond motifs is 2. The fraction of sp³-hybridized carbons (Fsp3) is 0.923. The molecule has 3 unspecified atom stereocenters. The van der Waals surface area contributed by atoms with Crippen LogP contribution >= 0.6 is 0 Å². The maximum Gasteiger partial charge on any atom is 0.402 e. The van der Waals surface area contributed by atoms with Gasteiger partial charge in [0.15, 0.2) is 6.61 Å². The van der Waals surface area contributed by atoms with Gasteiger partial charge in [-0.1, -0.05) is 19.8 Å². The normalized spacial score (nSPS) is 33.5. The van der Waals surface area contributed by atoms with Crippen LogP contribution in [0.2, 0.25) is 0 Å². The number of hydrogen-bond acceptors (Lipinski definition) is 4. The van der Waals surface area contributed by atoms with Gasteiger partial charge >= 0.3 is 21.3 Å². The molecule has 8 heteroatoms. The molecule has 122 valence electrons. The van der Waals surface area contributed by atoms with Gasteiger partial charge in [0.25, 0.3) is 0 Å². The lowest BCUT2D eigenvalue weighted by Gasteiger charge is -2.45. The highest BCUT2D eigenvalue weighted by molar-refractivity contribution is 7.86.